The Hall–Kier alpha value is -2.40. The number of fused-ring (bicyclic) bond motifs is 1. The minimum absolute atomic E-state index is 0.748. The number of nitrogens with zero attached hydrogens (tertiary/aromatic N) is 4. The van der Waals surface area contributed by atoms with E-state index in [-0.39, 0.29) is 0 Å². The molecular formula is C18H22N4O. The lowest BCUT2D eigenvalue weighted by Gasteiger charge is -2.28. The molecule has 23 heavy (non-hydrogen) atoms. The maximum Gasteiger partial charge on any atom is 0.182 e. The number of ether oxygens (including phenoxy) is 1. The molecule has 0 spiro atoms. The number of morpholine rings is 1. The van der Waals surface area contributed by atoms with Crippen LogP contribution in [0.3, 0.4) is 0 Å². The van der Waals surface area contributed by atoms with Crippen molar-refractivity contribution >= 4 is 11.3 Å². The normalized spacial score (nSPS) is 14.4. The van der Waals surface area contributed by atoms with Gasteiger partial charge in [-0.1, -0.05) is 44.2 Å². The van der Waals surface area contributed by atoms with Crippen LogP contribution in [0.25, 0.3) is 16.9 Å². The SMILES string of the molecule is CC.c1ccc(-c2nc(N3CCOCC3)c3cccn3n2)cc1. The Labute approximate surface area is 136 Å². The van der Waals surface area contributed by atoms with Gasteiger partial charge >= 0.3 is 0 Å². The summed E-state index contributed by atoms with van der Waals surface area (Å²) < 4.78 is 7.34. The molecule has 120 valence electrons. The van der Waals surface area contributed by atoms with Crippen molar-refractivity contribution in [3.8, 4) is 11.4 Å². The van der Waals surface area contributed by atoms with Gasteiger partial charge in [-0.2, -0.15) is 0 Å². The number of anilines is 1. The molecule has 0 bridgehead atoms. The minimum Gasteiger partial charge on any atom is -0.378 e. The highest BCUT2D eigenvalue weighted by molar-refractivity contribution is 5.71. The van der Waals surface area contributed by atoms with Crippen molar-refractivity contribution in [2.75, 3.05) is 31.2 Å². The molecule has 1 fully saturated rings. The minimum atomic E-state index is 0.748. The molecule has 0 saturated carbocycles. The second-order valence-electron chi connectivity index (χ2n) is 5.06. The molecule has 4 rings (SSSR count). The van der Waals surface area contributed by atoms with Crippen LogP contribution >= 0.6 is 0 Å². The standard InChI is InChI=1S/C16H16N4O.C2H6/c1-2-5-13(6-3-1)15-17-16(19-9-11-21-12-10-19)14-7-4-8-20(14)18-15;1-2/h1-8H,9-12H2;1-2H3. The van der Waals surface area contributed by atoms with E-state index in [0.29, 0.717) is 0 Å². The predicted octanol–water partition coefficient (Wildman–Crippen LogP) is 3.26. The second kappa shape index (κ2) is 7.24. The van der Waals surface area contributed by atoms with Gasteiger partial charge in [-0.15, -0.1) is 5.10 Å². The monoisotopic (exact) mass is 310 g/mol. The molecule has 2 aromatic heterocycles. The maximum atomic E-state index is 5.44. The summed E-state index contributed by atoms with van der Waals surface area (Å²) in [6.45, 7) is 7.23. The Balaban J connectivity index is 0.000000753. The van der Waals surface area contributed by atoms with Gasteiger partial charge in [0.25, 0.3) is 0 Å². The second-order valence-corrected chi connectivity index (χ2v) is 5.06. The molecule has 5 heteroatoms. The van der Waals surface area contributed by atoms with Crippen LogP contribution in [0, 0.1) is 0 Å². The van der Waals surface area contributed by atoms with Gasteiger partial charge in [0.05, 0.1) is 13.2 Å². The highest BCUT2D eigenvalue weighted by Crippen LogP contribution is 2.24. The van der Waals surface area contributed by atoms with Crippen LogP contribution < -0.4 is 4.90 Å². The van der Waals surface area contributed by atoms with E-state index < -0.39 is 0 Å². The zero-order valence-corrected chi connectivity index (χ0v) is 13.6. The van der Waals surface area contributed by atoms with Crippen molar-refractivity contribution < 1.29 is 4.74 Å². The fourth-order valence-corrected chi connectivity index (χ4v) is 2.64. The average molecular weight is 310 g/mol. The molecule has 1 saturated heterocycles. The third kappa shape index (κ3) is 3.19. The summed E-state index contributed by atoms with van der Waals surface area (Å²) in [6.07, 6.45) is 1.97. The third-order valence-electron chi connectivity index (χ3n) is 3.71. The van der Waals surface area contributed by atoms with E-state index in [0.717, 1.165) is 49.0 Å². The van der Waals surface area contributed by atoms with Crippen molar-refractivity contribution in [2.24, 2.45) is 0 Å². The molecule has 0 atom stereocenters. The summed E-state index contributed by atoms with van der Waals surface area (Å²) in [7, 11) is 0. The summed E-state index contributed by atoms with van der Waals surface area (Å²) >= 11 is 0. The summed E-state index contributed by atoms with van der Waals surface area (Å²) in [5.41, 5.74) is 2.07. The van der Waals surface area contributed by atoms with E-state index in [9.17, 15) is 0 Å². The zero-order chi connectivity index (χ0) is 16.1. The highest BCUT2D eigenvalue weighted by atomic mass is 16.5. The largest absolute Gasteiger partial charge is 0.378 e. The number of hydrogen-bond donors (Lipinski definition) is 0. The molecule has 0 amide bonds. The van der Waals surface area contributed by atoms with E-state index >= 15 is 0 Å². The van der Waals surface area contributed by atoms with Gasteiger partial charge in [0.1, 0.15) is 5.52 Å². The fourth-order valence-electron chi connectivity index (χ4n) is 2.64. The molecule has 1 aromatic carbocycles. The fraction of sp³-hybridized carbons (Fsp3) is 0.333. The van der Waals surface area contributed by atoms with E-state index in [4.69, 9.17) is 9.72 Å². The van der Waals surface area contributed by atoms with Gasteiger partial charge in [0.2, 0.25) is 0 Å². The molecule has 0 N–H and O–H groups in total. The van der Waals surface area contributed by atoms with Crippen LogP contribution in [0.2, 0.25) is 0 Å². The van der Waals surface area contributed by atoms with Crippen LogP contribution in [0.1, 0.15) is 13.8 Å². The molecule has 1 aliphatic rings. The van der Waals surface area contributed by atoms with E-state index in [2.05, 4.69) is 16.1 Å². The molecule has 3 heterocycles. The molecular weight excluding hydrogens is 288 g/mol. The summed E-state index contributed by atoms with van der Waals surface area (Å²) in [4.78, 5) is 7.08. The van der Waals surface area contributed by atoms with Crippen LogP contribution in [0.15, 0.2) is 48.7 Å². The first kappa shape index (κ1) is 15.5. The lowest BCUT2D eigenvalue weighted by atomic mass is 10.2. The van der Waals surface area contributed by atoms with Crippen molar-refractivity contribution in [3.63, 3.8) is 0 Å². The lowest BCUT2D eigenvalue weighted by molar-refractivity contribution is 0.122. The van der Waals surface area contributed by atoms with Crippen LogP contribution in [-0.2, 0) is 4.74 Å². The summed E-state index contributed by atoms with van der Waals surface area (Å²) in [6, 6.07) is 14.1. The van der Waals surface area contributed by atoms with Gasteiger partial charge in [-0.05, 0) is 12.1 Å². The van der Waals surface area contributed by atoms with Crippen molar-refractivity contribution in [3.05, 3.63) is 48.7 Å². The van der Waals surface area contributed by atoms with Gasteiger partial charge in [-0.3, -0.25) is 0 Å². The number of rotatable bonds is 2. The van der Waals surface area contributed by atoms with Crippen molar-refractivity contribution in [2.45, 2.75) is 13.8 Å². The topological polar surface area (TPSA) is 42.7 Å². The molecule has 0 aliphatic carbocycles. The average Bonchev–Trinajstić information content (AvgIpc) is 3.13. The van der Waals surface area contributed by atoms with Gasteiger partial charge in [-0.25, -0.2) is 9.50 Å². The van der Waals surface area contributed by atoms with Crippen LogP contribution in [-0.4, -0.2) is 40.9 Å². The van der Waals surface area contributed by atoms with Gasteiger partial charge < -0.3 is 9.64 Å². The van der Waals surface area contributed by atoms with Crippen LogP contribution in [0.5, 0.6) is 0 Å². The quantitative estimate of drug-likeness (QED) is 0.728. The Kier molecular flexibility index (Phi) is 4.88. The Morgan fingerprint density at radius 1 is 0.957 bits per heavy atom. The van der Waals surface area contributed by atoms with Crippen molar-refractivity contribution in [1.82, 2.24) is 14.6 Å². The Morgan fingerprint density at radius 3 is 2.43 bits per heavy atom. The Bertz CT molecular complexity index is 748. The smallest absolute Gasteiger partial charge is 0.182 e. The van der Waals surface area contributed by atoms with E-state index in [1.165, 1.54) is 0 Å². The number of hydrogen-bond acceptors (Lipinski definition) is 4. The molecule has 3 aromatic rings. The summed E-state index contributed by atoms with van der Waals surface area (Å²) in [5, 5.41) is 4.61. The molecule has 0 radical (unpaired) electrons. The maximum absolute atomic E-state index is 5.44. The molecule has 0 unspecified atom stereocenters. The van der Waals surface area contributed by atoms with E-state index in [1.54, 1.807) is 0 Å². The first-order valence-electron chi connectivity index (χ1n) is 8.15. The zero-order valence-electron chi connectivity index (χ0n) is 13.6. The predicted molar refractivity (Wildman–Crippen MR) is 92.8 cm³/mol. The van der Waals surface area contributed by atoms with Crippen molar-refractivity contribution in [1.29, 1.82) is 0 Å². The van der Waals surface area contributed by atoms with Crippen LogP contribution in [0.4, 0.5) is 5.82 Å². The first-order valence-corrected chi connectivity index (χ1v) is 8.15. The first-order chi connectivity index (χ1) is 11.4. The molecule has 5 nitrogen and oxygen atoms in total. The number of benzene rings is 1. The molecule has 1 aliphatic heterocycles. The highest BCUT2D eigenvalue weighted by Gasteiger charge is 2.17. The summed E-state index contributed by atoms with van der Waals surface area (Å²) in [5.74, 6) is 1.73. The lowest BCUT2D eigenvalue weighted by Crippen LogP contribution is -2.37. The van der Waals surface area contributed by atoms with Gasteiger partial charge in [0.15, 0.2) is 11.6 Å². The number of aromatic nitrogens is 3. The Morgan fingerprint density at radius 2 is 1.70 bits per heavy atom. The van der Waals surface area contributed by atoms with Gasteiger partial charge in [0, 0.05) is 24.8 Å². The van der Waals surface area contributed by atoms with E-state index in [1.807, 2.05) is 61.0 Å². The third-order valence-corrected chi connectivity index (χ3v) is 3.71.